The molecule has 1 fully saturated rings. The van der Waals surface area contributed by atoms with Crippen molar-refractivity contribution in [1.82, 2.24) is 0 Å². The SMILES string of the molecule is CC(=O)O[C@H]1[C@H](OC(C)=O)[C@@H](N=[N+]=[N-])OC[C@H]1OC(C)=O. The van der Waals surface area contributed by atoms with Crippen LogP contribution in [0.15, 0.2) is 5.11 Å². The highest BCUT2D eigenvalue weighted by atomic mass is 16.6. The lowest BCUT2D eigenvalue weighted by atomic mass is 10.0. The summed E-state index contributed by atoms with van der Waals surface area (Å²) in [5.74, 6) is -1.98. The molecule has 0 aromatic rings. The second-order valence-electron chi connectivity index (χ2n) is 4.22. The minimum Gasteiger partial charge on any atom is -0.456 e. The van der Waals surface area contributed by atoms with Gasteiger partial charge in [-0.05, 0) is 5.53 Å². The number of carbonyl (C=O) groups excluding carboxylic acids is 3. The van der Waals surface area contributed by atoms with Crippen molar-refractivity contribution in [3.8, 4) is 0 Å². The van der Waals surface area contributed by atoms with Gasteiger partial charge in [-0.1, -0.05) is 5.11 Å². The molecule has 0 radical (unpaired) electrons. The summed E-state index contributed by atoms with van der Waals surface area (Å²) in [5, 5.41) is 3.34. The highest BCUT2D eigenvalue weighted by Gasteiger charge is 2.46. The zero-order chi connectivity index (χ0) is 16.0. The molecule has 1 heterocycles. The standard InChI is InChI=1S/C11H15N3O7/c1-5(15)19-8-4-18-11(13-14-12)10(21-7(3)17)9(8)20-6(2)16/h8-11H,4H2,1-3H3/t8-,9-,10+,11+/m1/s1. The van der Waals surface area contributed by atoms with Crippen LogP contribution in [0.1, 0.15) is 20.8 Å². The molecule has 10 nitrogen and oxygen atoms in total. The van der Waals surface area contributed by atoms with Crippen molar-refractivity contribution in [1.29, 1.82) is 0 Å². The molecule has 0 aromatic heterocycles. The topological polar surface area (TPSA) is 137 Å². The van der Waals surface area contributed by atoms with Crippen molar-refractivity contribution in [3.63, 3.8) is 0 Å². The van der Waals surface area contributed by atoms with E-state index in [0.29, 0.717) is 0 Å². The van der Waals surface area contributed by atoms with Crippen LogP contribution in [0.3, 0.4) is 0 Å². The average molecular weight is 301 g/mol. The highest BCUT2D eigenvalue weighted by molar-refractivity contribution is 5.68. The zero-order valence-corrected chi connectivity index (χ0v) is 11.7. The van der Waals surface area contributed by atoms with Gasteiger partial charge in [0.05, 0.1) is 6.61 Å². The van der Waals surface area contributed by atoms with E-state index in [9.17, 15) is 14.4 Å². The van der Waals surface area contributed by atoms with Gasteiger partial charge in [-0.25, -0.2) is 0 Å². The maximum atomic E-state index is 11.2. The summed E-state index contributed by atoms with van der Waals surface area (Å²) in [6.07, 6.45) is -4.49. The maximum absolute atomic E-state index is 11.2. The molecule has 0 saturated carbocycles. The second kappa shape index (κ2) is 7.46. The van der Waals surface area contributed by atoms with Gasteiger partial charge < -0.3 is 18.9 Å². The van der Waals surface area contributed by atoms with Gasteiger partial charge in [0, 0.05) is 25.7 Å². The van der Waals surface area contributed by atoms with Crippen molar-refractivity contribution in [2.24, 2.45) is 5.11 Å². The molecule has 1 aliphatic heterocycles. The Hall–Kier alpha value is -2.32. The first-order valence-corrected chi connectivity index (χ1v) is 6.02. The molecule has 0 aliphatic carbocycles. The Kier molecular flexibility index (Phi) is 5.94. The maximum Gasteiger partial charge on any atom is 0.303 e. The van der Waals surface area contributed by atoms with E-state index in [1.807, 2.05) is 0 Å². The van der Waals surface area contributed by atoms with E-state index in [4.69, 9.17) is 24.5 Å². The van der Waals surface area contributed by atoms with Gasteiger partial charge in [-0.15, -0.1) is 0 Å². The third-order valence-corrected chi connectivity index (χ3v) is 2.49. The van der Waals surface area contributed by atoms with E-state index < -0.39 is 42.4 Å². The first-order valence-electron chi connectivity index (χ1n) is 6.02. The van der Waals surface area contributed by atoms with Gasteiger partial charge in [-0.3, -0.25) is 14.4 Å². The Bertz CT molecular complexity index is 474. The molecule has 4 atom stereocenters. The first kappa shape index (κ1) is 16.7. The lowest BCUT2D eigenvalue weighted by molar-refractivity contribution is -0.224. The van der Waals surface area contributed by atoms with Gasteiger partial charge in [0.1, 0.15) is 0 Å². The van der Waals surface area contributed by atoms with Crippen molar-refractivity contribution >= 4 is 17.9 Å². The van der Waals surface area contributed by atoms with E-state index in [1.54, 1.807) is 0 Å². The van der Waals surface area contributed by atoms with Crippen LogP contribution in [-0.4, -0.2) is 49.1 Å². The normalized spacial score (nSPS) is 28.0. The fourth-order valence-corrected chi connectivity index (χ4v) is 1.87. The summed E-state index contributed by atoms with van der Waals surface area (Å²) in [5.41, 5.74) is 8.49. The summed E-state index contributed by atoms with van der Waals surface area (Å²) in [7, 11) is 0. The van der Waals surface area contributed by atoms with Crippen LogP contribution >= 0.6 is 0 Å². The van der Waals surface area contributed by atoms with Crippen LogP contribution in [0.25, 0.3) is 10.4 Å². The Balaban J connectivity index is 3.05. The predicted octanol–water partition coefficient (Wildman–Crippen LogP) is 0.448. The Morgan fingerprint density at radius 3 is 2.05 bits per heavy atom. The number of hydrogen-bond acceptors (Lipinski definition) is 8. The average Bonchev–Trinajstić information content (AvgIpc) is 2.35. The van der Waals surface area contributed by atoms with Crippen LogP contribution in [0.2, 0.25) is 0 Å². The van der Waals surface area contributed by atoms with Gasteiger partial charge in [-0.2, -0.15) is 0 Å². The third kappa shape index (κ3) is 4.93. The van der Waals surface area contributed by atoms with Crippen LogP contribution in [0.5, 0.6) is 0 Å². The van der Waals surface area contributed by atoms with Gasteiger partial charge in [0.25, 0.3) is 0 Å². The van der Waals surface area contributed by atoms with E-state index in [1.165, 1.54) is 6.92 Å². The molecule has 0 bridgehead atoms. The minimum atomic E-state index is -1.21. The predicted molar refractivity (Wildman–Crippen MR) is 65.5 cm³/mol. The first-order chi connectivity index (χ1) is 9.85. The fraction of sp³-hybridized carbons (Fsp3) is 0.727. The molecular formula is C11H15N3O7. The van der Waals surface area contributed by atoms with E-state index in [-0.39, 0.29) is 6.61 Å². The summed E-state index contributed by atoms with van der Waals surface area (Å²) >= 11 is 0. The fourth-order valence-electron chi connectivity index (χ4n) is 1.87. The summed E-state index contributed by atoms with van der Waals surface area (Å²) in [6, 6.07) is 0. The third-order valence-electron chi connectivity index (χ3n) is 2.49. The molecule has 116 valence electrons. The largest absolute Gasteiger partial charge is 0.456 e. The quantitative estimate of drug-likeness (QED) is 0.241. The number of nitrogens with zero attached hydrogens (tertiary/aromatic N) is 3. The molecule has 10 heteroatoms. The van der Waals surface area contributed by atoms with Crippen molar-refractivity contribution < 1.29 is 33.3 Å². The lowest BCUT2D eigenvalue weighted by Crippen LogP contribution is -2.56. The van der Waals surface area contributed by atoms with E-state index >= 15 is 0 Å². The lowest BCUT2D eigenvalue weighted by Gasteiger charge is -2.38. The Morgan fingerprint density at radius 1 is 1.05 bits per heavy atom. The molecule has 0 spiro atoms. The van der Waals surface area contributed by atoms with Crippen LogP contribution < -0.4 is 0 Å². The molecule has 0 aromatic carbocycles. The van der Waals surface area contributed by atoms with Crippen molar-refractivity contribution in [3.05, 3.63) is 10.4 Å². The summed E-state index contributed by atoms with van der Waals surface area (Å²) < 4.78 is 20.2. The van der Waals surface area contributed by atoms with Crippen molar-refractivity contribution in [2.75, 3.05) is 6.61 Å². The van der Waals surface area contributed by atoms with Gasteiger partial charge in [0.2, 0.25) is 0 Å². The number of carbonyl (C=O) groups is 3. The van der Waals surface area contributed by atoms with Crippen molar-refractivity contribution in [2.45, 2.75) is 45.3 Å². The number of ether oxygens (including phenoxy) is 4. The van der Waals surface area contributed by atoms with Crippen LogP contribution in [0, 0.1) is 0 Å². The number of hydrogen-bond donors (Lipinski definition) is 0. The number of azide groups is 1. The molecule has 1 saturated heterocycles. The molecule has 1 rings (SSSR count). The number of esters is 3. The van der Waals surface area contributed by atoms with Gasteiger partial charge in [0.15, 0.2) is 24.5 Å². The summed E-state index contributed by atoms with van der Waals surface area (Å²) in [6.45, 7) is 3.28. The highest BCUT2D eigenvalue weighted by Crippen LogP contribution is 2.25. The molecule has 21 heavy (non-hydrogen) atoms. The number of rotatable bonds is 4. The smallest absolute Gasteiger partial charge is 0.303 e. The van der Waals surface area contributed by atoms with Gasteiger partial charge >= 0.3 is 17.9 Å². The monoisotopic (exact) mass is 301 g/mol. The van der Waals surface area contributed by atoms with Crippen LogP contribution in [-0.2, 0) is 33.3 Å². The Morgan fingerprint density at radius 2 is 1.57 bits per heavy atom. The zero-order valence-electron chi connectivity index (χ0n) is 11.7. The molecule has 0 amide bonds. The van der Waals surface area contributed by atoms with E-state index in [0.717, 1.165) is 13.8 Å². The summed E-state index contributed by atoms with van der Waals surface area (Å²) in [4.78, 5) is 36.0. The Labute approximate surface area is 119 Å². The van der Waals surface area contributed by atoms with Crippen LogP contribution in [0.4, 0.5) is 0 Å². The molecule has 0 unspecified atom stereocenters. The minimum absolute atomic E-state index is 0.168. The molecule has 0 N–H and O–H groups in total. The second-order valence-corrected chi connectivity index (χ2v) is 4.22. The van der Waals surface area contributed by atoms with E-state index in [2.05, 4.69) is 10.0 Å². The molecule has 1 aliphatic rings. The molecular weight excluding hydrogens is 286 g/mol.